The van der Waals surface area contributed by atoms with Gasteiger partial charge in [0.15, 0.2) is 10.9 Å². The molecular weight excluding hydrogens is 416 g/mol. The van der Waals surface area contributed by atoms with Crippen LogP contribution in [0.5, 0.6) is 0 Å². The number of esters is 1. The number of carbonyl (C=O) groups excluding carboxylic acids is 1. The number of thiophene rings is 1. The zero-order valence-corrected chi connectivity index (χ0v) is 17.7. The number of carbonyl (C=O) groups is 1. The van der Waals surface area contributed by atoms with Crippen LogP contribution in [0, 0.1) is 0 Å². The maximum atomic E-state index is 12.0. The van der Waals surface area contributed by atoms with Gasteiger partial charge in [0.05, 0.1) is 19.2 Å². The van der Waals surface area contributed by atoms with E-state index in [1.807, 2.05) is 49.5 Å². The van der Waals surface area contributed by atoms with Crippen LogP contribution < -0.4 is 10.6 Å². The highest BCUT2D eigenvalue weighted by molar-refractivity contribution is 7.80. The van der Waals surface area contributed by atoms with E-state index in [-0.39, 0.29) is 0 Å². The molecule has 2 heterocycles. The molecule has 3 aromatic rings. The van der Waals surface area contributed by atoms with Crippen molar-refractivity contribution in [2.75, 3.05) is 17.7 Å². The first-order valence-corrected chi connectivity index (χ1v) is 10.2. The summed E-state index contributed by atoms with van der Waals surface area (Å²) in [5.41, 5.74) is 1.56. The van der Waals surface area contributed by atoms with Crippen molar-refractivity contribution < 1.29 is 9.53 Å². The zero-order valence-electron chi connectivity index (χ0n) is 15.4. The number of methoxy groups -OCH3 is 1. The fourth-order valence-electron chi connectivity index (χ4n) is 2.51. The van der Waals surface area contributed by atoms with Crippen molar-refractivity contribution in [1.82, 2.24) is 9.78 Å². The quantitative estimate of drug-likeness (QED) is 0.429. The maximum absolute atomic E-state index is 12.0. The first-order valence-electron chi connectivity index (χ1n) is 8.55. The summed E-state index contributed by atoms with van der Waals surface area (Å²) < 4.78 is 6.64. The molecule has 0 amide bonds. The third-order valence-electron chi connectivity index (χ3n) is 3.90. The van der Waals surface area contributed by atoms with E-state index in [4.69, 9.17) is 28.6 Å². The summed E-state index contributed by atoms with van der Waals surface area (Å²) in [6, 6.07) is 11.3. The molecule has 0 bridgehead atoms. The summed E-state index contributed by atoms with van der Waals surface area (Å²) in [5, 5.41) is 12.3. The van der Waals surface area contributed by atoms with Crippen LogP contribution >= 0.6 is 35.2 Å². The molecule has 28 heavy (non-hydrogen) atoms. The molecule has 2 N–H and O–H groups in total. The highest BCUT2D eigenvalue weighted by Gasteiger charge is 2.17. The molecule has 146 valence electrons. The number of aromatic nitrogens is 2. The second-order valence-electron chi connectivity index (χ2n) is 5.90. The van der Waals surface area contributed by atoms with Crippen molar-refractivity contribution in [2.24, 2.45) is 0 Å². The van der Waals surface area contributed by atoms with E-state index in [1.165, 1.54) is 18.4 Å². The molecule has 1 aromatic carbocycles. The highest BCUT2D eigenvalue weighted by Crippen LogP contribution is 2.29. The van der Waals surface area contributed by atoms with Crippen LogP contribution in [0.15, 0.2) is 42.6 Å². The van der Waals surface area contributed by atoms with Gasteiger partial charge >= 0.3 is 5.97 Å². The van der Waals surface area contributed by atoms with Crippen molar-refractivity contribution in [3.05, 3.63) is 63.6 Å². The van der Waals surface area contributed by atoms with E-state index >= 15 is 0 Å². The molecule has 3 rings (SSSR count). The Morgan fingerprint density at radius 1 is 1.29 bits per heavy atom. The van der Waals surface area contributed by atoms with E-state index in [0.717, 1.165) is 16.9 Å². The van der Waals surface area contributed by atoms with E-state index in [0.29, 0.717) is 33.1 Å². The van der Waals surface area contributed by atoms with Crippen molar-refractivity contribution >= 4 is 57.1 Å². The SMILES string of the molecule is CCc1cc(C(=O)OC)c(NC(=S)Nc2ccn(Cc3ccc(Cl)cc3)n2)s1. The highest BCUT2D eigenvalue weighted by atomic mass is 35.5. The molecule has 0 spiro atoms. The summed E-state index contributed by atoms with van der Waals surface area (Å²) in [4.78, 5) is 13.0. The summed E-state index contributed by atoms with van der Waals surface area (Å²) >= 11 is 12.8. The zero-order chi connectivity index (χ0) is 20.1. The third-order valence-corrected chi connectivity index (χ3v) is 5.55. The summed E-state index contributed by atoms with van der Waals surface area (Å²) in [7, 11) is 1.36. The van der Waals surface area contributed by atoms with Gasteiger partial charge in [0.2, 0.25) is 0 Å². The van der Waals surface area contributed by atoms with Crippen LogP contribution in [0.2, 0.25) is 5.02 Å². The van der Waals surface area contributed by atoms with Gasteiger partial charge in [-0.25, -0.2) is 4.79 Å². The van der Waals surface area contributed by atoms with Gasteiger partial charge in [-0.2, -0.15) is 5.10 Å². The number of hydrogen-bond acceptors (Lipinski definition) is 5. The number of thiocarbonyl (C=S) groups is 1. The molecule has 0 aliphatic heterocycles. The van der Waals surface area contributed by atoms with Crippen LogP contribution in [0.4, 0.5) is 10.8 Å². The smallest absolute Gasteiger partial charge is 0.340 e. The molecule has 0 atom stereocenters. The summed E-state index contributed by atoms with van der Waals surface area (Å²) in [5.74, 6) is 0.215. The van der Waals surface area contributed by atoms with Crippen LogP contribution in [-0.2, 0) is 17.7 Å². The Morgan fingerprint density at radius 3 is 2.71 bits per heavy atom. The Morgan fingerprint density at radius 2 is 2.04 bits per heavy atom. The maximum Gasteiger partial charge on any atom is 0.340 e. The molecule has 0 fully saturated rings. The van der Waals surface area contributed by atoms with Crippen LogP contribution in [0.3, 0.4) is 0 Å². The molecule has 0 saturated heterocycles. The minimum absolute atomic E-state index is 0.353. The van der Waals surface area contributed by atoms with Crippen molar-refractivity contribution in [3.8, 4) is 0 Å². The Hall–Kier alpha value is -2.42. The van der Waals surface area contributed by atoms with Gasteiger partial charge in [0.25, 0.3) is 0 Å². The normalized spacial score (nSPS) is 10.5. The van der Waals surface area contributed by atoms with E-state index in [2.05, 4.69) is 15.7 Å². The molecule has 9 heteroatoms. The van der Waals surface area contributed by atoms with Gasteiger partial charge in [0.1, 0.15) is 5.00 Å². The minimum atomic E-state index is -0.395. The second kappa shape index (κ2) is 9.18. The molecule has 0 aliphatic carbocycles. The summed E-state index contributed by atoms with van der Waals surface area (Å²) in [6.07, 6.45) is 2.69. The van der Waals surface area contributed by atoms with Crippen molar-refractivity contribution in [1.29, 1.82) is 0 Å². The second-order valence-corrected chi connectivity index (χ2v) is 7.89. The molecule has 6 nitrogen and oxygen atoms in total. The van der Waals surface area contributed by atoms with E-state index in [1.54, 1.807) is 4.68 Å². The lowest BCUT2D eigenvalue weighted by Crippen LogP contribution is -2.20. The number of anilines is 2. The third kappa shape index (κ3) is 5.09. The first kappa shape index (κ1) is 20.3. The van der Waals surface area contributed by atoms with Gasteiger partial charge in [-0.3, -0.25) is 4.68 Å². The van der Waals surface area contributed by atoms with Crippen LogP contribution in [0.1, 0.15) is 27.7 Å². The fourth-order valence-corrected chi connectivity index (χ4v) is 3.90. The number of ether oxygens (including phenoxy) is 1. The first-order chi connectivity index (χ1) is 13.5. The number of aryl methyl sites for hydroxylation is 1. The predicted molar refractivity (Wildman–Crippen MR) is 118 cm³/mol. The molecule has 2 aromatic heterocycles. The lowest BCUT2D eigenvalue weighted by Gasteiger charge is -2.08. The number of nitrogens with one attached hydrogen (secondary N) is 2. The molecular formula is C19H19ClN4O2S2. The van der Waals surface area contributed by atoms with Gasteiger partial charge in [0, 0.05) is 22.2 Å². The van der Waals surface area contributed by atoms with Crippen LogP contribution in [-0.4, -0.2) is 28.0 Å². The van der Waals surface area contributed by atoms with E-state index in [9.17, 15) is 4.79 Å². The largest absolute Gasteiger partial charge is 0.465 e. The predicted octanol–water partition coefficient (Wildman–Crippen LogP) is 4.80. The molecule has 0 unspecified atom stereocenters. The number of hydrogen-bond donors (Lipinski definition) is 2. The minimum Gasteiger partial charge on any atom is -0.465 e. The Balaban J connectivity index is 1.64. The molecule has 0 radical (unpaired) electrons. The van der Waals surface area contributed by atoms with E-state index < -0.39 is 5.97 Å². The fraction of sp³-hybridized carbons (Fsp3) is 0.211. The number of rotatable bonds is 6. The number of benzene rings is 1. The Kier molecular flexibility index (Phi) is 6.66. The summed E-state index contributed by atoms with van der Waals surface area (Å²) in [6.45, 7) is 2.65. The molecule has 0 saturated carbocycles. The van der Waals surface area contributed by atoms with Gasteiger partial charge in [-0.15, -0.1) is 11.3 Å². The lowest BCUT2D eigenvalue weighted by atomic mass is 10.2. The number of nitrogens with zero attached hydrogens (tertiary/aromatic N) is 2. The monoisotopic (exact) mass is 434 g/mol. The van der Waals surface area contributed by atoms with Crippen LogP contribution in [0.25, 0.3) is 0 Å². The number of halogens is 1. The van der Waals surface area contributed by atoms with Gasteiger partial charge in [-0.05, 0) is 42.4 Å². The van der Waals surface area contributed by atoms with Gasteiger partial charge < -0.3 is 15.4 Å². The van der Waals surface area contributed by atoms with Crippen molar-refractivity contribution in [3.63, 3.8) is 0 Å². The standard InChI is InChI=1S/C19H19ClN4O2S2/c1-3-14-10-15(18(25)26-2)17(28-14)22-19(27)21-16-8-9-24(23-16)11-12-4-6-13(20)7-5-12/h4-10H,3,11H2,1-2H3,(H2,21,22,23,27). The molecule has 0 aliphatic rings. The van der Waals surface area contributed by atoms with Crippen molar-refractivity contribution in [2.45, 2.75) is 19.9 Å². The lowest BCUT2D eigenvalue weighted by molar-refractivity contribution is 0.0602. The average molecular weight is 435 g/mol. The average Bonchev–Trinajstić information content (AvgIpc) is 3.29. The van der Waals surface area contributed by atoms with Gasteiger partial charge in [-0.1, -0.05) is 30.7 Å². The Bertz CT molecular complexity index is 982. The Labute approximate surface area is 177 Å². The topological polar surface area (TPSA) is 68.2 Å².